The number of hydrogen-bond donors (Lipinski definition) is 0. The van der Waals surface area contributed by atoms with E-state index in [0.717, 1.165) is 29.9 Å². The van der Waals surface area contributed by atoms with Crippen molar-refractivity contribution in [1.82, 2.24) is 19.7 Å². The monoisotopic (exact) mass is 216 g/mol. The maximum Gasteiger partial charge on any atom is 0.250 e. The maximum absolute atomic E-state index is 4.44. The highest BCUT2D eigenvalue weighted by Crippen LogP contribution is 2.06. The Balaban J connectivity index is 2.34. The Morgan fingerprint density at radius 2 is 1.88 bits per heavy atom. The van der Waals surface area contributed by atoms with Gasteiger partial charge in [-0.3, -0.25) is 0 Å². The zero-order chi connectivity index (χ0) is 11.5. The summed E-state index contributed by atoms with van der Waals surface area (Å²) in [6.07, 6.45) is 4.02. The fraction of sp³-hybridized carbons (Fsp3) is 0.417. The number of rotatable bonds is 3. The van der Waals surface area contributed by atoms with Crippen LogP contribution < -0.4 is 0 Å². The molecule has 0 saturated heterocycles. The Morgan fingerprint density at radius 1 is 1.19 bits per heavy atom. The smallest absolute Gasteiger partial charge is 0.216 e. The van der Waals surface area contributed by atoms with Crippen molar-refractivity contribution in [3.8, 4) is 5.95 Å². The van der Waals surface area contributed by atoms with Crippen molar-refractivity contribution in [2.75, 3.05) is 0 Å². The molecule has 0 bridgehead atoms. The molecule has 2 rings (SSSR count). The predicted molar refractivity (Wildman–Crippen MR) is 62.6 cm³/mol. The summed E-state index contributed by atoms with van der Waals surface area (Å²) in [5, 5.41) is 4.44. The molecule has 0 spiro atoms. The first-order valence-corrected chi connectivity index (χ1v) is 5.56. The Hall–Kier alpha value is -1.71. The van der Waals surface area contributed by atoms with E-state index >= 15 is 0 Å². The normalized spacial score (nSPS) is 10.7. The van der Waals surface area contributed by atoms with Gasteiger partial charge in [0, 0.05) is 17.6 Å². The second-order valence-corrected chi connectivity index (χ2v) is 3.95. The molecule has 2 heterocycles. The largest absolute Gasteiger partial charge is 0.250 e. The molecule has 0 aromatic carbocycles. The van der Waals surface area contributed by atoms with E-state index in [1.54, 1.807) is 4.68 Å². The summed E-state index contributed by atoms with van der Waals surface area (Å²) in [6, 6.07) is 3.98. The number of aromatic nitrogens is 4. The lowest BCUT2D eigenvalue weighted by atomic mass is 10.3. The topological polar surface area (TPSA) is 43.6 Å². The van der Waals surface area contributed by atoms with Crippen LogP contribution in [0.2, 0.25) is 0 Å². The molecule has 2 aromatic rings. The van der Waals surface area contributed by atoms with Crippen LogP contribution in [0.25, 0.3) is 5.95 Å². The van der Waals surface area contributed by atoms with Crippen molar-refractivity contribution >= 4 is 0 Å². The van der Waals surface area contributed by atoms with Crippen LogP contribution in [-0.2, 0) is 6.42 Å². The van der Waals surface area contributed by atoms with Gasteiger partial charge in [-0.15, -0.1) is 0 Å². The third-order valence-electron chi connectivity index (χ3n) is 2.33. The summed E-state index contributed by atoms with van der Waals surface area (Å²) < 4.78 is 1.74. The standard InChI is InChI=1S/C12H16N4/c1-4-5-11-6-7-16(15-11)12-13-9(2)8-10(3)14-12/h6-8H,4-5H2,1-3H3. The van der Waals surface area contributed by atoms with Crippen LogP contribution in [-0.4, -0.2) is 19.7 Å². The minimum atomic E-state index is 0.653. The first-order chi connectivity index (χ1) is 7.69. The van der Waals surface area contributed by atoms with E-state index in [-0.39, 0.29) is 0 Å². The molecular weight excluding hydrogens is 200 g/mol. The van der Waals surface area contributed by atoms with E-state index < -0.39 is 0 Å². The summed E-state index contributed by atoms with van der Waals surface area (Å²) in [6.45, 7) is 6.08. The lowest BCUT2D eigenvalue weighted by molar-refractivity contribution is 0.759. The maximum atomic E-state index is 4.44. The fourth-order valence-electron chi connectivity index (χ4n) is 1.67. The Labute approximate surface area is 95.4 Å². The van der Waals surface area contributed by atoms with Crippen LogP contribution >= 0.6 is 0 Å². The number of hydrogen-bond acceptors (Lipinski definition) is 3. The van der Waals surface area contributed by atoms with Crippen LogP contribution in [0.1, 0.15) is 30.4 Å². The van der Waals surface area contributed by atoms with Gasteiger partial charge in [-0.1, -0.05) is 13.3 Å². The molecule has 4 nitrogen and oxygen atoms in total. The minimum absolute atomic E-state index is 0.653. The van der Waals surface area contributed by atoms with Gasteiger partial charge in [0.2, 0.25) is 0 Å². The molecule has 0 unspecified atom stereocenters. The molecule has 0 aliphatic heterocycles. The Bertz CT molecular complexity index is 467. The minimum Gasteiger partial charge on any atom is -0.216 e. The quantitative estimate of drug-likeness (QED) is 0.790. The van der Waals surface area contributed by atoms with Gasteiger partial charge in [0.25, 0.3) is 5.95 Å². The van der Waals surface area contributed by atoms with Gasteiger partial charge >= 0.3 is 0 Å². The van der Waals surface area contributed by atoms with Gasteiger partial charge in [0.15, 0.2) is 0 Å². The molecule has 2 aromatic heterocycles. The van der Waals surface area contributed by atoms with Crippen LogP contribution in [0.3, 0.4) is 0 Å². The molecular formula is C12H16N4. The number of aryl methyl sites for hydroxylation is 3. The molecule has 0 radical (unpaired) electrons. The van der Waals surface area contributed by atoms with Crippen molar-refractivity contribution in [2.24, 2.45) is 0 Å². The van der Waals surface area contributed by atoms with Crippen molar-refractivity contribution in [3.05, 3.63) is 35.4 Å². The van der Waals surface area contributed by atoms with Gasteiger partial charge in [0.1, 0.15) is 0 Å². The third kappa shape index (κ3) is 2.27. The molecule has 84 valence electrons. The average Bonchev–Trinajstić information content (AvgIpc) is 2.65. The van der Waals surface area contributed by atoms with Crippen molar-refractivity contribution in [1.29, 1.82) is 0 Å². The zero-order valence-electron chi connectivity index (χ0n) is 9.94. The molecule has 0 amide bonds. The average molecular weight is 216 g/mol. The highest BCUT2D eigenvalue weighted by Gasteiger charge is 2.04. The zero-order valence-corrected chi connectivity index (χ0v) is 9.94. The molecule has 0 aliphatic carbocycles. The van der Waals surface area contributed by atoms with E-state index in [4.69, 9.17) is 0 Å². The Morgan fingerprint density at radius 3 is 2.50 bits per heavy atom. The SMILES string of the molecule is CCCc1ccn(-c2nc(C)cc(C)n2)n1. The van der Waals surface area contributed by atoms with E-state index in [0.29, 0.717) is 5.95 Å². The van der Waals surface area contributed by atoms with Crippen LogP contribution in [0.15, 0.2) is 18.3 Å². The summed E-state index contributed by atoms with van der Waals surface area (Å²) >= 11 is 0. The summed E-state index contributed by atoms with van der Waals surface area (Å²) in [4.78, 5) is 8.73. The first kappa shape index (κ1) is 10.8. The van der Waals surface area contributed by atoms with Crippen LogP contribution in [0.5, 0.6) is 0 Å². The van der Waals surface area contributed by atoms with E-state index in [1.807, 2.05) is 32.2 Å². The molecule has 0 fully saturated rings. The summed E-state index contributed by atoms with van der Waals surface area (Å²) in [5.74, 6) is 0.653. The Kier molecular flexibility index (Phi) is 2.99. The molecule has 16 heavy (non-hydrogen) atoms. The van der Waals surface area contributed by atoms with E-state index in [2.05, 4.69) is 22.0 Å². The third-order valence-corrected chi connectivity index (χ3v) is 2.33. The van der Waals surface area contributed by atoms with Gasteiger partial charge in [-0.2, -0.15) is 5.10 Å². The lowest BCUT2D eigenvalue weighted by Crippen LogP contribution is -2.04. The lowest BCUT2D eigenvalue weighted by Gasteiger charge is -2.02. The van der Waals surface area contributed by atoms with Crippen molar-refractivity contribution < 1.29 is 0 Å². The van der Waals surface area contributed by atoms with Gasteiger partial charge in [-0.05, 0) is 32.4 Å². The number of nitrogens with zero attached hydrogens (tertiary/aromatic N) is 4. The van der Waals surface area contributed by atoms with E-state index in [9.17, 15) is 0 Å². The van der Waals surface area contributed by atoms with Gasteiger partial charge in [-0.25, -0.2) is 14.6 Å². The second-order valence-electron chi connectivity index (χ2n) is 3.95. The summed E-state index contributed by atoms with van der Waals surface area (Å²) in [7, 11) is 0. The molecule has 0 aliphatic rings. The van der Waals surface area contributed by atoms with Crippen LogP contribution in [0, 0.1) is 13.8 Å². The first-order valence-electron chi connectivity index (χ1n) is 5.56. The van der Waals surface area contributed by atoms with Gasteiger partial charge < -0.3 is 0 Å². The van der Waals surface area contributed by atoms with Crippen molar-refractivity contribution in [3.63, 3.8) is 0 Å². The highest BCUT2D eigenvalue weighted by atomic mass is 15.3. The predicted octanol–water partition coefficient (Wildman–Crippen LogP) is 2.23. The molecule has 4 heteroatoms. The molecule has 0 saturated carbocycles. The van der Waals surface area contributed by atoms with Crippen molar-refractivity contribution in [2.45, 2.75) is 33.6 Å². The summed E-state index contributed by atoms with van der Waals surface area (Å²) in [5.41, 5.74) is 3.02. The molecule has 0 N–H and O–H groups in total. The van der Waals surface area contributed by atoms with Crippen LogP contribution in [0.4, 0.5) is 0 Å². The van der Waals surface area contributed by atoms with Gasteiger partial charge in [0.05, 0.1) is 5.69 Å². The fourth-order valence-corrected chi connectivity index (χ4v) is 1.67. The molecule has 0 atom stereocenters. The second kappa shape index (κ2) is 4.43. The van der Waals surface area contributed by atoms with E-state index in [1.165, 1.54) is 0 Å². The highest BCUT2D eigenvalue weighted by molar-refractivity contribution is 5.18.